The Morgan fingerprint density at radius 1 is 0.810 bits per heavy atom. The average molecular weight is 303 g/mol. The van der Waals surface area contributed by atoms with Crippen LogP contribution in [0.2, 0.25) is 0 Å². The minimum Gasteiger partial charge on any atom is -0.494 e. The molecule has 0 spiro atoms. The Bertz CT molecular complexity index is 678. The lowest BCUT2D eigenvalue weighted by Gasteiger charge is -2.11. The summed E-state index contributed by atoms with van der Waals surface area (Å²) in [5.74, 6) is -9.30. The predicted molar refractivity (Wildman–Crippen MR) is 64.2 cm³/mol. The highest BCUT2D eigenvalue weighted by molar-refractivity contribution is 6.68. The fourth-order valence-electron chi connectivity index (χ4n) is 1.78. The topological polar surface area (TPSA) is 9.23 Å². The van der Waals surface area contributed by atoms with Gasteiger partial charge in [-0.3, -0.25) is 0 Å². The molecular weight excluding hydrogens is 297 g/mol. The zero-order valence-corrected chi connectivity index (χ0v) is 10.5. The Labute approximate surface area is 116 Å². The van der Waals surface area contributed by atoms with Crippen LogP contribution in [0.3, 0.4) is 0 Å². The smallest absolute Gasteiger partial charge is 0.204 e. The number of ether oxygens (including phenoxy) is 1. The van der Waals surface area contributed by atoms with Gasteiger partial charge in [0.05, 0.1) is 7.11 Å². The molecule has 0 saturated heterocycles. The summed E-state index contributed by atoms with van der Waals surface area (Å²) in [5.41, 5.74) is -1.51. The van der Waals surface area contributed by atoms with Crippen molar-refractivity contribution in [3.8, 4) is 5.75 Å². The lowest BCUT2D eigenvalue weighted by Crippen LogP contribution is -2.35. The van der Waals surface area contributed by atoms with Gasteiger partial charge in [0.1, 0.15) is 11.6 Å². The molecule has 2 rings (SSSR count). The van der Waals surface area contributed by atoms with E-state index in [0.717, 1.165) is 7.11 Å². The summed E-state index contributed by atoms with van der Waals surface area (Å²) in [6.45, 7) is 0. The number of hydrogen-bond donors (Lipinski definition) is 0. The summed E-state index contributed by atoms with van der Waals surface area (Å²) in [6, 6.07) is 1.24. The first-order chi connectivity index (χ1) is 9.85. The number of halogens is 6. The highest BCUT2D eigenvalue weighted by Gasteiger charge is 2.22. The molecular formula is C13H6BF6O. The minimum atomic E-state index is -1.68. The molecule has 21 heavy (non-hydrogen) atoms. The molecule has 2 aromatic carbocycles. The molecule has 0 aliphatic carbocycles. The van der Waals surface area contributed by atoms with E-state index in [1.165, 1.54) is 0 Å². The molecule has 1 radical (unpaired) electrons. The zero-order valence-electron chi connectivity index (χ0n) is 10.5. The fourth-order valence-corrected chi connectivity index (χ4v) is 1.78. The van der Waals surface area contributed by atoms with E-state index in [4.69, 9.17) is 0 Å². The van der Waals surface area contributed by atoms with Crippen molar-refractivity contribution in [2.45, 2.75) is 0 Å². The molecule has 2 aromatic rings. The van der Waals surface area contributed by atoms with Crippen molar-refractivity contribution in [1.29, 1.82) is 0 Å². The van der Waals surface area contributed by atoms with Crippen molar-refractivity contribution in [3.05, 3.63) is 53.1 Å². The van der Waals surface area contributed by atoms with Crippen molar-refractivity contribution >= 4 is 18.2 Å². The molecule has 0 heterocycles. The van der Waals surface area contributed by atoms with E-state index in [0.29, 0.717) is 19.4 Å². The van der Waals surface area contributed by atoms with E-state index in [9.17, 15) is 26.3 Å². The van der Waals surface area contributed by atoms with E-state index in [1.807, 2.05) is 0 Å². The van der Waals surface area contributed by atoms with Crippen LogP contribution in [-0.2, 0) is 0 Å². The van der Waals surface area contributed by atoms with Gasteiger partial charge < -0.3 is 4.74 Å². The summed E-state index contributed by atoms with van der Waals surface area (Å²) in [6.07, 6.45) is 0. The van der Waals surface area contributed by atoms with Crippen LogP contribution < -0.4 is 15.7 Å². The Morgan fingerprint density at radius 2 is 1.38 bits per heavy atom. The molecule has 0 aliphatic rings. The predicted octanol–water partition coefficient (Wildman–Crippen LogP) is 2.18. The Morgan fingerprint density at radius 3 is 1.90 bits per heavy atom. The monoisotopic (exact) mass is 303 g/mol. The highest BCUT2D eigenvalue weighted by Crippen LogP contribution is 2.16. The van der Waals surface area contributed by atoms with E-state index in [1.54, 1.807) is 0 Å². The second kappa shape index (κ2) is 5.71. The summed E-state index contributed by atoms with van der Waals surface area (Å²) >= 11 is 0. The van der Waals surface area contributed by atoms with Gasteiger partial charge in [0.2, 0.25) is 7.28 Å². The van der Waals surface area contributed by atoms with E-state index < -0.39 is 51.6 Å². The SMILES string of the molecule is COc1c(F)cc(F)cc1[B]c1c(F)c(F)cc(F)c1F. The first-order valence-electron chi connectivity index (χ1n) is 5.56. The second-order valence-electron chi connectivity index (χ2n) is 4.04. The summed E-state index contributed by atoms with van der Waals surface area (Å²) in [4.78, 5) is 0. The number of hydrogen-bond acceptors (Lipinski definition) is 1. The van der Waals surface area contributed by atoms with Crippen LogP contribution in [0.25, 0.3) is 0 Å². The highest BCUT2D eigenvalue weighted by atomic mass is 19.2. The van der Waals surface area contributed by atoms with Gasteiger partial charge in [-0.2, -0.15) is 0 Å². The van der Waals surface area contributed by atoms with Crippen LogP contribution in [0.5, 0.6) is 5.75 Å². The largest absolute Gasteiger partial charge is 0.494 e. The lowest BCUT2D eigenvalue weighted by atomic mass is 9.63. The molecule has 0 atom stereocenters. The van der Waals surface area contributed by atoms with Crippen molar-refractivity contribution < 1.29 is 31.1 Å². The third-order valence-electron chi connectivity index (χ3n) is 2.69. The summed E-state index contributed by atoms with van der Waals surface area (Å²) < 4.78 is 84.5. The van der Waals surface area contributed by atoms with Crippen molar-refractivity contribution in [2.75, 3.05) is 7.11 Å². The molecule has 0 amide bonds. The van der Waals surface area contributed by atoms with E-state index in [-0.39, 0.29) is 6.07 Å². The minimum absolute atomic E-state index is 0.0331. The maximum Gasteiger partial charge on any atom is 0.204 e. The number of methoxy groups -OCH3 is 1. The van der Waals surface area contributed by atoms with Crippen molar-refractivity contribution in [3.63, 3.8) is 0 Å². The van der Waals surface area contributed by atoms with Crippen molar-refractivity contribution in [2.24, 2.45) is 0 Å². The van der Waals surface area contributed by atoms with E-state index >= 15 is 0 Å². The van der Waals surface area contributed by atoms with Gasteiger partial charge in [0.15, 0.2) is 29.1 Å². The van der Waals surface area contributed by atoms with Gasteiger partial charge in [-0.15, -0.1) is 0 Å². The maximum absolute atomic E-state index is 13.5. The third-order valence-corrected chi connectivity index (χ3v) is 2.69. The lowest BCUT2D eigenvalue weighted by molar-refractivity contribution is 0.388. The quantitative estimate of drug-likeness (QED) is 0.480. The first kappa shape index (κ1) is 15.3. The zero-order chi connectivity index (χ0) is 15.7. The van der Waals surface area contributed by atoms with Crippen LogP contribution in [-0.4, -0.2) is 14.4 Å². The molecule has 0 fully saturated rings. The van der Waals surface area contributed by atoms with Gasteiger partial charge in [-0.05, 0) is 17.0 Å². The molecule has 0 bridgehead atoms. The molecule has 0 unspecified atom stereocenters. The Hall–Kier alpha value is -2.12. The third kappa shape index (κ3) is 2.84. The van der Waals surface area contributed by atoms with Gasteiger partial charge in [-0.1, -0.05) is 0 Å². The average Bonchev–Trinajstić information content (AvgIpc) is 2.41. The van der Waals surface area contributed by atoms with Gasteiger partial charge >= 0.3 is 0 Å². The van der Waals surface area contributed by atoms with Gasteiger partial charge in [0, 0.05) is 12.1 Å². The summed E-state index contributed by atoms with van der Waals surface area (Å²) in [5, 5.41) is 0. The normalized spacial score (nSPS) is 10.6. The standard InChI is InChI=1S/C13H6BF6O/c1-21-13-6(2-5(15)3-9(13)18)14-10-11(19)7(16)4-8(17)12(10)20/h2-4H,1H3. The van der Waals surface area contributed by atoms with E-state index in [2.05, 4.69) is 4.74 Å². The van der Waals surface area contributed by atoms with Crippen LogP contribution in [0.4, 0.5) is 26.3 Å². The van der Waals surface area contributed by atoms with Crippen LogP contribution in [0.15, 0.2) is 18.2 Å². The molecule has 8 heteroatoms. The fraction of sp³-hybridized carbons (Fsp3) is 0.0769. The molecule has 1 nitrogen and oxygen atoms in total. The van der Waals surface area contributed by atoms with Gasteiger partial charge in [0.25, 0.3) is 0 Å². The summed E-state index contributed by atoms with van der Waals surface area (Å²) in [7, 11) is 1.61. The number of rotatable bonds is 3. The maximum atomic E-state index is 13.5. The van der Waals surface area contributed by atoms with Crippen molar-refractivity contribution in [1.82, 2.24) is 0 Å². The molecule has 0 saturated carbocycles. The molecule has 0 N–H and O–H groups in total. The molecule has 0 aliphatic heterocycles. The second-order valence-corrected chi connectivity index (χ2v) is 4.04. The van der Waals surface area contributed by atoms with Gasteiger partial charge in [-0.25, -0.2) is 26.3 Å². The number of benzene rings is 2. The Kier molecular flexibility index (Phi) is 4.15. The van der Waals surface area contributed by atoms with Crippen LogP contribution >= 0.6 is 0 Å². The molecule has 0 aromatic heterocycles. The van der Waals surface area contributed by atoms with Crippen LogP contribution in [0, 0.1) is 34.9 Å². The van der Waals surface area contributed by atoms with Crippen LogP contribution in [0.1, 0.15) is 0 Å². The Balaban J connectivity index is 2.58. The first-order valence-corrected chi connectivity index (χ1v) is 5.56. The molecule has 109 valence electrons.